The van der Waals surface area contributed by atoms with Crippen LogP contribution in [0.4, 0.5) is 10.5 Å². The van der Waals surface area contributed by atoms with Gasteiger partial charge >= 0.3 is 6.03 Å². The summed E-state index contributed by atoms with van der Waals surface area (Å²) in [6.45, 7) is 2.71. The maximum Gasteiger partial charge on any atom is 0.322 e. The van der Waals surface area contributed by atoms with E-state index in [9.17, 15) is 4.79 Å². The van der Waals surface area contributed by atoms with E-state index in [-0.39, 0.29) is 12.1 Å². The van der Waals surface area contributed by atoms with Crippen LogP contribution in [0.1, 0.15) is 30.3 Å². The Morgan fingerprint density at radius 2 is 1.93 bits per heavy atom. The number of thioether (sulfide) groups is 1. The van der Waals surface area contributed by atoms with Crippen molar-refractivity contribution in [3.63, 3.8) is 0 Å². The van der Waals surface area contributed by atoms with E-state index in [4.69, 9.17) is 4.52 Å². The monoisotopic (exact) mass is 394 g/mol. The summed E-state index contributed by atoms with van der Waals surface area (Å²) in [4.78, 5) is 20.3. The zero-order valence-electron chi connectivity index (χ0n) is 15.9. The highest BCUT2D eigenvalue weighted by Gasteiger charge is 2.34. The van der Waals surface area contributed by atoms with Gasteiger partial charge in [-0.15, -0.1) is 11.8 Å². The number of carbonyl (C=O) groups excluding carboxylic acids is 1. The average Bonchev–Trinajstić information content (AvgIpc) is 3.38. The van der Waals surface area contributed by atoms with Crippen LogP contribution in [0.15, 0.2) is 57.9 Å². The lowest BCUT2D eigenvalue weighted by molar-refractivity contribution is 0.193. The second-order valence-corrected chi connectivity index (χ2v) is 7.71. The van der Waals surface area contributed by atoms with Crippen LogP contribution in [-0.4, -0.2) is 33.9 Å². The molecule has 28 heavy (non-hydrogen) atoms. The molecule has 1 atom stereocenters. The Kier molecular flexibility index (Phi) is 5.34. The number of nitrogens with one attached hydrogen (secondary N) is 1. The molecule has 1 aliphatic heterocycles. The van der Waals surface area contributed by atoms with E-state index in [1.807, 2.05) is 61.7 Å². The standard InChI is InChI=1S/C21H22N4O2S/c1-14-5-7-15(8-6-14)19-23-20(27-24-19)18-4-3-13-25(18)21(26)22-16-9-11-17(28-2)12-10-16/h5-12,18H,3-4,13H2,1-2H3,(H,22,26)/t18-/m0/s1. The van der Waals surface area contributed by atoms with Crippen molar-refractivity contribution in [1.29, 1.82) is 0 Å². The number of carbonyl (C=O) groups is 1. The van der Waals surface area contributed by atoms with E-state index in [2.05, 4.69) is 15.5 Å². The lowest BCUT2D eigenvalue weighted by atomic mass is 10.1. The number of hydrogen-bond acceptors (Lipinski definition) is 5. The molecule has 0 bridgehead atoms. The molecular weight excluding hydrogens is 372 g/mol. The number of aryl methyl sites for hydroxylation is 1. The van der Waals surface area contributed by atoms with Gasteiger partial charge in [0.2, 0.25) is 11.7 Å². The van der Waals surface area contributed by atoms with E-state index in [0.717, 1.165) is 29.0 Å². The number of urea groups is 1. The van der Waals surface area contributed by atoms with Gasteiger partial charge in [-0.2, -0.15) is 4.98 Å². The largest absolute Gasteiger partial charge is 0.337 e. The van der Waals surface area contributed by atoms with Gasteiger partial charge < -0.3 is 14.7 Å². The van der Waals surface area contributed by atoms with Crippen molar-refractivity contribution in [2.45, 2.75) is 30.7 Å². The number of anilines is 1. The molecule has 3 aromatic rings. The van der Waals surface area contributed by atoms with Gasteiger partial charge in [0.25, 0.3) is 0 Å². The predicted molar refractivity (Wildman–Crippen MR) is 110 cm³/mol. The Labute approximate surface area is 168 Å². The summed E-state index contributed by atoms with van der Waals surface area (Å²) in [5.74, 6) is 1.04. The van der Waals surface area contributed by atoms with Crippen LogP contribution in [0.3, 0.4) is 0 Å². The fourth-order valence-corrected chi connectivity index (χ4v) is 3.73. The molecule has 1 aliphatic rings. The predicted octanol–water partition coefficient (Wildman–Crippen LogP) is 5.14. The summed E-state index contributed by atoms with van der Waals surface area (Å²) in [6.07, 6.45) is 3.75. The summed E-state index contributed by atoms with van der Waals surface area (Å²) in [6, 6.07) is 15.5. The third-order valence-corrected chi connectivity index (χ3v) is 5.64. The van der Waals surface area contributed by atoms with Crippen LogP contribution in [-0.2, 0) is 0 Å². The van der Waals surface area contributed by atoms with Gasteiger partial charge in [-0.1, -0.05) is 35.0 Å². The molecule has 0 saturated carbocycles. The molecule has 6 nitrogen and oxygen atoms in total. The summed E-state index contributed by atoms with van der Waals surface area (Å²) in [7, 11) is 0. The number of likely N-dealkylation sites (tertiary alicyclic amines) is 1. The van der Waals surface area contributed by atoms with Crippen molar-refractivity contribution in [1.82, 2.24) is 15.0 Å². The fraction of sp³-hybridized carbons (Fsp3) is 0.286. The Morgan fingerprint density at radius 3 is 2.64 bits per heavy atom. The van der Waals surface area contributed by atoms with Crippen molar-refractivity contribution >= 4 is 23.5 Å². The Hall–Kier alpha value is -2.80. The van der Waals surface area contributed by atoms with Gasteiger partial charge in [0.05, 0.1) is 0 Å². The maximum atomic E-state index is 12.8. The number of hydrogen-bond donors (Lipinski definition) is 1. The topological polar surface area (TPSA) is 71.3 Å². The molecule has 0 aliphatic carbocycles. The molecule has 1 saturated heterocycles. The number of aromatic nitrogens is 2. The maximum absolute atomic E-state index is 12.8. The van der Waals surface area contributed by atoms with Crippen LogP contribution in [0.2, 0.25) is 0 Å². The second-order valence-electron chi connectivity index (χ2n) is 6.83. The number of amides is 2. The van der Waals surface area contributed by atoms with E-state index in [0.29, 0.717) is 18.3 Å². The van der Waals surface area contributed by atoms with Gasteiger partial charge in [0.1, 0.15) is 6.04 Å². The molecule has 1 N–H and O–H groups in total. The molecule has 0 spiro atoms. The number of nitrogens with zero attached hydrogens (tertiary/aromatic N) is 3. The van der Waals surface area contributed by atoms with E-state index in [1.54, 1.807) is 16.7 Å². The van der Waals surface area contributed by atoms with Gasteiger partial charge in [0, 0.05) is 22.7 Å². The van der Waals surface area contributed by atoms with Crippen molar-refractivity contribution in [3.05, 3.63) is 60.0 Å². The molecule has 1 aromatic heterocycles. The third kappa shape index (κ3) is 3.89. The van der Waals surface area contributed by atoms with Crippen LogP contribution in [0.25, 0.3) is 11.4 Å². The molecular formula is C21H22N4O2S. The first kappa shape index (κ1) is 18.6. The molecule has 0 radical (unpaired) electrons. The normalized spacial score (nSPS) is 16.4. The highest BCUT2D eigenvalue weighted by Crippen LogP contribution is 2.32. The zero-order valence-corrected chi connectivity index (χ0v) is 16.7. The molecule has 0 unspecified atom stereocenters. The van der Waals surface area contributed by atoms with Gasteiger partial charge in [-0.05, 0) is 50.3 Å². The summed E-state index contributed by atoms with van der Waals surface area (Å²) >= 11 is 1.67. The zero-order chi connectivity index (χ0) is 19.5. The quantitative estimate of drug-likeness (QED) is 0.621. The number of benzene rings is 2. The minimum atomic E-state index is -0.197. The van der Waals surface area contributed by atoms with Crippen LogP contribution < -0.4 is 5.32 Å². The van der Waals surface area contributed by atoms with Crippen LogP contribution in [0.5, 0.6) is 0 Å². The highest BCUT2D eigenvalue weighted by atomic mass is 32.2. The minimum absolute atomic E-state index is 0.144. The Morgan fingerprint density at radius 1 is 1.18 bits per heavy atom. The highest BCUT2D eigenvalue weighted by molar-refractivity contribution is 7.98. The smallest absolute Gasteiger partial charge is 0.322 e. The van der Waals surface area contributed by atoms with Crippen molar-refractivity contribution in [2.24, 2.45) is 0 Å². The minimum Gasteiger partial charge on any atom is -0.337 e. The van der Waals surface area contributed by atoms with E-state index in [1.165, 1.54) is 5.56 Å². The van der Waals surface area contributed by atoms with E-state index >= 15 is 0 Å². The summed E-state index contributed by atoms with van der Waals surface area (Å²) in [5.41, 5.74) is 2.86. The van der Waals surface area contributed by atoms with Crippen molar-refractivity contribution < 1.29 is 9.32 Å². The molecule has 144 valence electrons. The molecule has 2 aromatic carbocycles. The van der Waals surface area contributed by atoms with Crippen LogP contribution in [0, 0.1) is 6.92 Å². The fourth-order valence-electron chi connectivity index (χ4n) is 3.33. The van der Waals surface area contributed by atoms with E-state index < -0.39 is 0 Å². The van der Waals surface area contributed by atoms with Crippen LogP contribution >= 0.6 is 11.8 Å². The molecule has 2 amide bonds. The Balaban J connectivity index is 1.48. The first-order valence-electron chi connectivity index (χ1n) is 9.26. The molecule has 4 rings (SSSR count). The third-order valence-electron chi connectivity index (χ3n) is 4.89. The summed E-state index contributed by atoms with van der Waals surface area (Å²) in [5, 5.41) is 7.08. The first-order chi connectivity index (χ1) is 13.6. The van der Waals surface area contributed by atoms with Crippen molar-refractivity contribution in [3.8, 4) is 11.4 Å². The second kappa shape index (κ2) is 8.06. The molecule has 2 heterocycles. The molecule has 7 heteroatoms. The molecule has 1 fully saturated rings. The number of rotatable bonds is 4. The van der Waals surface area contributed by atoms with Gasteiger partial charge in [-0.25, -0.2) is 4.79 Å². The lowest BCUT2D eigenvalue weighted by Crippen LogP contribution is -2.34. The van der Waals surface area contributed by atoms with Crippen molar-refractivity contribution in [2.75, 3.05) is 18.1 Å². The average molecular weight is 395 g/mol. The first-order valence-corrected chi connectivity index (χ1v) is 10.5. The summed E-state index contributed by atoms with van der Waals surface area (Å²) < 4.78 is 5.51. The Bertz CT molecular complexity index is 953. The van der Waals surface area contributed by atoms with Gasteiger partial charge in [-0.3, -0.25) is 0 Å². The lowest BCUT2D eigenvalue weighted by Gasteiger charge is -2.22. The SMILES string of the molecule is CSc1ccc(NC(=O)N2CCC[C@H]2c2nc(-c3ccc(C)cc3)no2)cc1. The van der Waals surface area contributed by atoms with Gasteiger partial charge in [0.15, 0.2) is 0 Å².